The summed E-state index contributed by atoms with van der Waals surface area (Å²) < 4.78 is 0. The molecule has 0 unspecified atom stereocenters. The first-order chi connectivity index (χ1) is 9.10. The topological polar surface area (TPSA) is 110 Å². The second-order valence-corrected chi connectivity index (χ2v) is 5.04. The Labute approximate surface area is 117 Å². The van der Waals surface area contributed by atoms with Gasteiger partial charge >= 0.3 is 0 Å². The first-order valence-corrected chi connectivity index (χ1v) is 6.71. The molecule has 7 nitrogen and oxygen atoms in total. The van der Waals surface area contributed by atoms with Crippen molar-refractivity contribution < 1.29 is 0 Å². The van der Waals surface area contributed by atoms with Crippen molar-refractivity contribution in [2.24, 2.45) is 4.99 Å². The molecule has 100 valence electrons. The van der Waals surface area contributed by atoms with E-state index < -0.39 is 5.56 Å². The number of aliphatic imine (C=N–C) groups is 1. The van der Waals surface area contributed by atoms with Crippen molar-refractivity contribution >= 4 is 40.2 Å². The van der Waals surface area contributed by atoms with Gasteiger partial charge in [0, 0.05) is 12.6 Å². The van der Waals surface area contributed by atoms with Crippen molar-refractivity contribution in [1.29, 1.82) is 0 Å². The van der Waals surface area contributed by atoms with Crippen molar-refractivity contribution in [2.75, 3.05) is 5.73 Å². The fraction of sp³-hybridized carbons (Fsp3) is 0.300. The Kier molecular flexibility index (Phi) is 4.23. The maximum atomic E-state index is 11.6. The first kappa shape index (κ1) is 13.6. The van der Waals surface area contributed by atoms with Crippen LogP contribution in [0.3, 0.4) is 0 Å². The van der Waals surface area contributed by atoms with Crippen LogP contribution in [0.5, 0.6) is 0 Å². The van der Waals surface area contributed by atoms with Crippen LogP contribution in [0.4, 0.5) is 11.1 Å². The molecule has 2 rings (SSSR count). The van der Waals surface area contributed by atoms with E-state index in [2.05, 4.69) is 32.1 Å². The van der Waals surface area contributed by atoms with E-state index in [1.165, 1.54) is 17.6 Å². The van der Waals surface area contributed by atoms with Crippen LogP contribution in [-0.4, -0.2) is 26.4 Å². The van der Waals surface area contributed by atoms with Crippen molar-refractivity contribution in [2.45, 2.75) is 19.8 Å². The zero-order valence-corrected chi connectivity index (χ0v) is 11.6. The molecule has 0 fully saturated rings. The van der Waals surface area contributed by atoms with Gasteiger partial charge in [-0.15, -0.1) is 10.2 Å². The largest absolute Gasteiger partial charge is 0.369 e. The third-order valence-corrected chi connectivity index (χ3v) is 3.33. The summed E-state index contributed by atoms with van der Waals surface area (Å²) in [4.78, 5) is 21.8. The second kappa shape index (κ2) is 5.89. The number of nitrogens with zero attached hydrogens (tertiary/aromatic N) is 4. The molecular formula is C10H11ClN6OS. The molecule has 3 N–H and O–H groups in total. The lowest BCUT2D eigenvalue weighted by molar-refractivity contribution is 0.878. The van der Waals surface area contributed by atoms with Gasteiger partial charge in [0.1, 0.15) is 10.2 Å². The number of hydrogen-bond acceptors (Lipinski definition) is 7. The van der Waals surface area contributed by atoms with E-state index in [1.807, 2.05) is 0 Å². The SMILES string of the molecule is CCCc1nnc(N=Cc2c(Cl)nc(N)[nH]c2=O)s1. The summed E-state index contributed by atoms with van der Waals surface area (Å²) in [6.45, 7) is 2.06. The van der Waals surface area contributed by atoms with Crippen LogP contribution in [0.15, 0.2) is 9.79 Å². The number of rotatable bonds is 4. The third-order valence-electron chi connectivity index (χ3n) is 2.15. The van der Waals surface area contributed by atoms with E-state index in [0.717, 1.165) is 17.8 Å². The predicted molar refractivity (Wildman–Crippen MR) is 75.4 cm³/mol. The molecule has 0 saturated carbocycles. The number of nitrogens with two attached hydrogens (primary N) is 1. The fourth-order valence-corrected chi connectivity index (χ4v) is 2.33. The molecule has 2 heterocycles. The van der Waals surface area contributed by atoms with E-state index in [1.54, 1.807) is 0 Å². The molecule has 0 aliphatic rings. The number of halogens is 1. The highest BCUT2D eigenvalue weighted by Gasteiger charge is 2.07. The van der Waals surface area contributed by atoms with Gasteiger partial charge in [0.15, 0.2) is 0 Å². The lowest BCUT2D eigenvalue weighted by atomic mass is 10.4. The van der Waals surface area contributed by atoms with Gasteiger partial charge in [-0.25, -0.2) is 9.98 Å². The fourth-order valence-electron chi connectivity index (χ4n) is 1.31. The molecule has 2 aromatic rings. The third kappa shape index (κ3) is 3.36. The Bertz CT molecular complexity index is 664. The summed E-state index contributed by atoms with van der Waals surface area (Å²) in [5.41, 5.74) is 5.05. The summed E-state index contributed by atoms with van der Waals surface area (Å²) in [7, 11) is 0. The number of anilines is 1. The van der Waals surface area contributed by atoms with Crippen LogP contribution >= 0.6 is 22.9 Å². The lowest BCUT2D eigenvalue weighted by Crippen LogP contribution is -2.16. The second-order valence-electron chi connectivity index (χ2n) is 3.64. The molecule has 0 bridgehead atoms. The minimum absolute atomic E-state index is 0.00305. The van der Waals surface area contributed by atoms with Crippen molar-refractivity contribution in [1.82, 2.24) is 20.2 Å². The van der Waals surface area contributed by atoms with Crippen LogP contribution in [0.25, 0.3) is 0 Å². The molecule has 0 aliphatic heterocycles. The minimum Gasteiger partial charge on any atom is -0.369 e. The first-order valence-electron chi connectivity index (χ1n) is 5.52. The summed E-state index contributed by atoms with van der Waals surface area (Å²) in [6.07, 6.45) is 3.16. The van der Waals surface area contributed by atoms with Gasteiger partial charge in [-0.2, -0.15) is 0 Å². The molecule has 0 aliphatic carbocycles. The smallest absolute Gasteiger partial charge is 0.262 e. The van der Waals surface area contributed by atoms with Crippen LogP contribution in [0, 0.1) is 0 Å². The molecule has 0 atom stereocenters. The van der Waals surface area contributed by atoms with Gasteiger partial charge in [0.2, 0.25) is 11.1 Å². The summed E-state index contributed by atoms with van der Waals surface area (Å²) >= 11 is 7.19. The quantitative estimate of drug-likeness (QED) is 0.657. The number of H-pyrrole nitrogens is 1. The van der Waals surface area contributed by atoms with E-state index >= 15 is 0 Å². The van der Waals surface area contributed by atoms with Crippen LogP contribution < -0.4 is 11.3 Å². The van der Waals surface area contributed by atoms with Crippen LogP contribution in [0.2, 0.25) is 5.15 Å². The Morgan fingerprint density at radius 2 is 2.32 bits per heavy atom. The summed E-state index contributed by atoms with van der Waals surface area (Å²) in [5, 5.41) is 9.25. The molecular weight excluding hydrogens is 288 g/mol. The Morgan fingerprint density at radius 3 is 3.00 bits per heavy atom. The molecule has 0 radical (unpaired) electrons. The highest BCUT2D eigenvalue weighted by atomic mass is 35.5. The highest BCUT2D eigenvalue weighted by Crippen LogP contribution is 2.19. The van der Waals surface area contributed by atoms with Gasteiger partial charge in [-0.3, -0.25) is 9.78 Å². The van der Waals surface area contributed by atoms with E-state index in [9.17, 15) is 4.79 Å². The zero-order chi connectivity index (χ0) is 13.8. The number of aryl methyl sites for hydroxylation is 1. The van der Waals surface area contributed by atoms with E-state index in [0.29, 0.717) is 5.13 Å². The highest BCUT2D eigenvalue weighted by molar-refractivity contribution is 7.14. The molecule has 0 spiro atoms. The zero-order valence-electron chi connectivity index (χ0n) is 10.1. The Balaban J connectivity index is 2.25. The van der Waals surface area contributed by atoms with Crippen molar-refractivity contribution in [3.05, 3.63) is 26.1 Å². The number of nitrogen functional groups attached to an aromatic ring is 1. The number of hydrogen-bond donors (Lipinski definition) is 2. The van der Waals surface area contributed by atoms with E-state index in [4.69, 9.17) is 17.3 Å². The van der Waals surface area contributed by atoms with Gasteiger partial charge in [0.25, 0.3) is 5.56 Å². The maximum absolute atomic E-state index is 11.6. The van der Waals surface area contributed by atoms with Gasteiger partial charge in [-0.05, 0) is 6.42 Å². The monoisotopic (exact) mass is 298 g/mol. The van der Waals surface area contributed by atoms with Gasteiger partial charge in [-0.1, -0.05) is 29.9 Å². The van der Waals surface area contributed by atoms with Crippen molar-refractivity contribution in [3.63, 3.8) is 0 Å². The number of nitrogens with one attached hydrogen (secondary N) is 1. The van der Waals surface area contributed by atoms with Crippen molar-refractivity contribution in [3.8, 4) is 0 Å². The Morgan fingerprint density at radius 1 is 1.53 bits per heavy atom. The average Bonchev–Trinajstić information content (AvgIpc) is 2.76. The number of aromatic nitrogens is 4. The lowest BCUT2D eigenvalue weighted by Gasteiger charge is -1.96. The Hall–Kier alpha value is -1.80. The number of aromatic amines is 1. The predicted octanol–water partition coefficient (Wildman–Crippen LogP) is 1.56. The molecule has 0 aromatic carbocycles. The van der Waals surface area contributed by atoms with Crippen LogP contribution in [0.1, 0.15) is 23.9 Å². The van der Waals surface area contributed by atoms with E-state index in [-0.39, 0.29) is 16.7 Å². The standard InChI is InChI=1S/C10H11ClN6OS/c1-2-3-6-16-17-10(19-6)13-4-5-7(11)14-9(12)15-8(5)18/h4H,2-3H2,1H3,(H3,12,14,15,18). The van der Waals surface area contributed by atoms with Gasteiger partial charge < -0.3 is 5.73 Å². The molecule has 19 heavy (non-hydrogen) atoms. The van der Waals surface area contributed by atoms with Crippen LogP contribution in [-0.2, 0) is 6.42 Å². The average molecular weight is 299 g/mol. The minimum atomic E-state index is -0.445. The molecule has 0 amide bonds. The molecule has 9 heteroatoms. The van der Waals surface area contributed by atoms with Gasteiger partial charge in [0.05, 0.1) is 5.56 Å². The molecule has 0 saturated heterocycles. The summed E-state index contributed by atoms with van der Waals surface area (Å²) in [5.74, 6) is -0.0340. The maximum Gasteiger partial charge on any atom is 0.262 e. The molecule has 2 aromatic heterocycles. The summed E-state index contributed by atoms with van der Waals surface area (Å²) in [6, 6.07) is 0. The normalized spacial score (nSPS) is 11.3.